The van der Waals surface area contributed by atoms with Crippen molar-refractivity contribution in [1.29, 1.82) is 0 Å². The number of nitrogens with one attached hydrogen (secondary N) is 2. The molecule has 2 N–H and O–H groups in total. The molecule has 0 aliphatic heterocycles. The molecule has 0 spiro atoms. The second-order valence-corrected chi connectivity index (χ2v) is 6.31. The minimum atomic E-state index is -0.785. The lowest BCUT2D eigenvalue weighted by Crippen LogP contribution is -2.36. The number of anilines is 1. The van der Waals surface area contributed by atoms with Crippen LogP contribution in [0.4, 0.5) is 14.5 Å². The van der Waals surface area contributed by atoms with Gasteiger partial charge in [0.05, 0.1) is 5.69 Å². The third-order valence-electron chi connectivity index (χ3n) is 4.49. The van der Waals surface area contributed by atoms with Crippen LogP contribution in [0.3, 0.4) is 0 Å². The zero-order valence-corrected chi connectivity index (χ0v) is 13.9. The van der Waals surface area contributed by atoms with Crippen LogP contribution < -0.4 is 10.6 Å². The van der Waals surface area contributed by atoms with Crippen LogP contribution in [-0.4, -0.2) is 18.4 Å². The summed E-state index contributed by atoms with van der Waals surface area (Å²) in [5.74, 6) is -1.97. The summed E-state index contributed by atoms with van der Waals surface area (Å²) in [7, 11) is 0. The van der Waals surface area contributed by atoms with Gasteiger partial charge in [-0.2, -0.15) is 0 Å². The second-order valence-electron chi connectivity index (χ2n) is 6.31. The fourth-order valence-corrected chi connectivity index (χ4v) is 2.98. The molecule has 2 rings (SSSR count). The van der Waals surface area contributed by atoms with E-state index in [0.717, 1.165) is 25.0 Å². The molecule has 0 heterocycles. The fraction of sp³-hybridized carbons (Fsp3) is 0.556. The smallest absolute Gasteiger partial charge is 0.227 e. The SMILES string of the molecule is CCCCNC(=O)C1CCC(C(=O)Nc2ccc(F)cc2F)CC1. The van der Waals surface area contributed by atoms with Gasteiger partial charge >= 0.3 is 0 Å². The number of carbonyl (C=O) groups excluding carboxylic acids is 2. The van der Waals surface area contributed by atoms with Gasteiger partial charge in [0.2, 0.25) is 11.8 Å². The van der Waals surface area contributed by atoms with Crippen LogP contribution in [0.15, 0.2) is 18.2 Å². The maximum atomic E-state index is 13.6. The standard InChI is InChI=1S/C18H24F2N2O2/c1-2-3-10-21-17(23)12-4-6-13(7-5-12)18(24)22-16-9-8-14(19)11-15(16)20/h8-9,11-13H,2-7,10H2,1H3,(H,21,23)(H,22,24). The van der Waals surface area contributed by atoms with E-state index in [1.54, 1.807) is 0 Å². The van der Waals surface area contributed by atoms with Gasteiger partial charge < -0.3 is 10.6 Å². The Hall–Kier alpha value is -1.98. The molecule has 132 valence electrons. The van der Waals surface area contributed by atoms with Crippen molar-refractivity contribution in [2.75, 3.05) is 11.9 Å². The second kappa shape index (κ2) is 8.76. The molecule has 24 heavy (non-hydrogen) atoms. The first kappa shape index (κ1) is 18.4. The maximum Gasteiger partial charge on any atom is 0.227 e. The Balaban J connectivity index is 1.81. The third kappa shape index (κ3) is 5.01. The highest BCUT2D eigenvalue weighted by Gasteiger charge is 2.30. The Labute approximate surface area is 141 Å². The molecule has 1 fully saturated rings. The van der Waals surface area contributed by atoms with Crippen molar-refractivity contribution in [3.63, 3.8) is 0 Å². The Bertz CT molecular complexity index is 584. The Morgan fingerprint density at radius 3 is 2.29 bits per heavy atom. The highest BCUT2D eigenvalue weighted by Crippen LogP contribution is 2.30. The number of rotatable bonds is 6. The molecule has 0 aromatic heterocycles. The Kier molecular flexibility index (Phi) is 6.70. The van der Waals surface area contributed by atoms with Crippen LogP contribution in [0.1, 0.15) is 45.4 Å². The zero-order valence-electron chi connectivity index (χ0n) is 13.9. The van der Waals surface area contributed by atoms with E-state index in [0.29, 0.717) is 32.2 Å². The van der Waals surface area contributed by atoms with Gasteiger partial charge in [0.1, 0.15) is 11.6 Å². The summed E-state index contributed by atoms with van der Waals surface area (Å²) in [6.45, 7) is 2.76. The van der Waals surface area contributed by atoms with Crippen LogP contribution in [0, 0.1) is 23.5 Å². The van der Waals surface area contributed by atoms with E-state index in [1.807, 2.05) is 0 Å². The van der Waals surface area contributed by atoms with E-state index >= 15 is 0 Å². The van der Waals surface area contributed by atoms with Crippen LogP contribution in [0.25, 0.3) is 0 Å². The number of hydrogen-bond acceptors (Lipinski definition) is 2. The molecule has 0 radical (unpaired) electrons. The number of carbonyl (C=O) groups is 2. The molecular formula is C18H24F2N2O2. The lowest BCUT2D eigenvalue weighted by Gasteiger charge is -2.27. The molecule has 1 aromatic carbocycles. The fourth-order valence-electron chi connectivity index (χ4n) is 2.98. The summed E-state index contributed by atoms with van der Waals surface area (Å²) in [5.41, 5.74) is -0.0131. The van der Waals surface area contributed by atoms with Gasteiger partial charge in [-0.1, -0.05) is 13.3 Å². The first-order valence-corrected chi connectivity index (χ1v) is 8.55. The van der Waals surface area contributed by atoms with Crippen LogP contribution >= 0.6 is 0 Å². The number of benzene rings is 1. The van der Waals surface area contributed by atoms with Gasteiger partial charge in [0.25, 0.3) is 0 Å². The molecule has 0 unspecified atom stereocenters. The molecule has 4 nitrogen and oxygen atoms in total. The van der Waals surface area contributed by atoms with Gasteiger partial charge in [-0.25, -0.2) is 8.78 Å². The summed E-state index contributed by atoms with van der Waals surface area (Å²) in [6, 6.07) is 3.07. The van der Waals surface area contributed by atoms with Gasteiger partial charge in [0.15, 0.2) is 0 Å². The van der Waals surface area contributed by atoms with Crippen molar-refractivity contribution in [3.05, 3.63) is 29.8 Å². The highest BCUT2D eigenvalue weighted by molar-refractivity contribution is 5.92. The number of amides is 2. The normalized spacial score (nSPS) is 20.5. The molecule has 0 bridgehead atoms. The predicted octanol–water partition coefficient (Wildman–Crippen LogP) is 3.63. The molecule has 1 aromatic rings. The quantitative estimate of drug-likeness (QED) is 0.778. The average molecular weight is 338 g/mol. The molecule has 0 saturated heterocycles. The average Bonchev–Trinajstić information content (AvgIpc) is 2.57. The summed E-state index contributed by atoms with van der Waals surface area (Å²) in [6.07, 6.45) is 4.50. The van der Waals surface area contributed by atoms with Crippen LogP contribution in [-0.2, 0) is 9.59 Å². The summed E-state index contributed by atoms with van der Waals surface area (Å²) in [5, 5.41) is 5.44. The molecule has 2 amide bonds. The Morgan fingerprint density at radius 2 is 1.71 bits per heavy atom. The van der Waals surface area contributed by atoms with Crippen molar-refractivity contribution in [2.24, 2.45) is 11.8 Å². The molecule has 1 saturated carbocycles. The molecular weight excluding hydrogens is 314 g/mol. The minimum Gasteiger partial charge on any atom is -0.356 e. The van der Waals surface area contributed by atoms with E-state index in [1.165, 1.54) is 6.07 Å². The van der Waals surface area contributed by atoms with Gasteiger partial charge in [-0.3, -0.25) is 9.59 Å². The zero-order chi connectivity index (χ0) is 17.5. The van der Waals surface area contributed by atoms with Crippen LogP contribution in [0.5, 0.6) is 0 Å². The first-order valence-electron chi connectivity index (χ1n) is 8.55. The molecule has 0 atom stereocenters. The highest BCUT2D eigenvalue weighted by atomic mass is 19.1. The predicted molar refractivity (Wildman–Crippen MR) is 88.4 cm³/mol. The number of unbranched alkanes of at least 4 members (excludes halogenated alkanes) is 1. The van der Waals surface area contributed by atoms with Gasteiger partial charge in [-0.15, -0.1) is 0 Å². The van der Waals surface area contributed by atoms with E-state index in [4.69, 9.17) is 0 Å². The number of hydrogen-bond donors (Lipinski definition) is 2. The van der Waals surface area contributed by atoms with E-state index in [-0.39, 0.29) is 29.3 Å². The molecule has 6 heteroatoms. The summed E-state index contributed by atoms with van der Waals surface area (Å²) >= 11 is 0. The first-order chi connectivity index (χ1) is 11.5. The van der Waals surface area contributed by atoms with E-state index < -0.39 is 11.6 Å². The summed E-state index contributed by atoms with van der Waals surface area (Å²) in [4.78, 5) is 24.2. The molecule has 1 aliphatic rings. The van der Waals surface area contributed by atoms with E-state index in [2.05, 4.69) is 17.6 Å². The van der Waals surface area contributed by atoms with E-state index in [9.17, 15) is 18.4 Å². The topological polar surface area (TPSA) is 58.2 Å². The largest absolute Gasteiger partial charge is 0.356 e. The minimum absolute atomic E-state index is 0.0131. The third-order valence-corrected chi connectivity index (χ3v) is 4.49. The van der Waals surface area contributed by atoms with Crippen molar-refractivity contribution in [3.8, 4) is 0 Å². The van der Waals surface area contributed by atoms with Crippen molar-refractivity contribution in [1.82, 2.24) is 5.32 Å². The lowest BCUT2D eigenvalue weighted by atomic mass is 9.81. The van der Waals surface area contributed by atoms with Crippen LogP contribution in [0.2, 0.25) is 0 Å². The molecule has 1 aliphatic carbocycles. The lowest BCUT2D eigenvalue weighted by molar-refractivity contribution is -0.128. The van der Waals surface area contributed by atoms with Gasteiger partial charge in [-0.05, 0) is 44.2 Å². The van der Waals surface area contributed by atoms with Gasteiger partial charge in [0, 0.05) is 24.4 Å². The van der Waals surface area contributed by atoms with Crippen molar-refractivity contribution in [2.45, 2.75) is 45.4 Å². The monoisotopic (exact) mass is 338 g/mol. The Morgan fingerprint density at radius 1 is 1.08 bits per heavy atom. The number of halogens is 2. The van der Waals surface area contributed by atoms with Crippen molar-refractivity contribution < 1.29 is 18.4 Å². The summed E-state index contributed by atoms with van der Waals surface area (Å²) < 4.78 is 26.5. The maximum absolute atomic E-state index is 13.6. The van der Waals surface area contributed by atoms with Crippen molar-refractivity contribution >= 4 is 17.5 Å².